The summed E-state index contributed by atoms with van der Waals surface area (Å²) in [6, 6.07) is 9.84. The van der Waals surface area contributed by atoms with Gasteiger partial charge in [-0.15, -0.1) is 0 Å². The second-order valence-corrected chi connectivity index (χ2v) is 5.45. The van der Waals surface area contributed by atoms with Crippen LogP contribution in [0.25, 0.3) is 11.0 Å². The monoisotopic (exact) mass is 272 g/mol. The molecule has 0 saturated carbocycles. The number of amides is 1. The highest BCUT2D eigenvalue weighted by molar-refractivity contribution is 5.96. The average molecular weight is 272 g/mol. The maximum absolute atomic E-state index is 12.1. The van der Waals surface area contributed by atoms with Gasteiger partial charge < -0.3 is 9.73 Å². The number of benzene rings is 1. The first kappa shape index (κ1) is 13.2. The Labute approximate surface area is 118 Å². The van der Waals surface area contributed by atoms with E-state index in [1.807, 2.05) is 24.3 Å². The van der Waals surface area contributed by atoms with Gasteiger partial charge in [-0.2, -0.15) is 0 Å². The summed E-state index contributed by atoms with van der Waals surface area (Å²) in [5, 5.41) is 3.93. The molecule has 1 N–H and O–H groups in total. The normalized spacial score (nSPS) is 17.4. The predicted octanol–water partition coefficient (Wildman–Crippen LogP) is 2.65. The Balaban J connectivity index is 1.61. The molecule has 20 heavy (non-hydrogen) atoms. The number of carbonyl (C=O) groups excluding carboxylic acids is 1. The van der Waals surface area contributed by atoms with Gasteiger partial charge in [0.2, 0.25) is 0 Å². The maximum atomic E-state index is 12.1. The van der Waals surface area contributed by atoms with Crippen molar-refractivity contribution in [3.05, 3.63) is 36.1 Å². The van der Waals surface area contributed by atoms with Gasteiger partial charge in [0.1, 0.15) is 5.58 Å². The van der Waals surface area contributed by atoms with Crippen LogP contribution in [0.1, 0.15) is 30.3 Å². The van der Waals surface area contributed by atoms with Gasteiger partial charge in [0, 0.05) is 18.0 Å². The number of rotatable bonds is 4. The van der Waals surface area contributed by atoms with Crippen LogP contribution in [0.15, 0.2) is 34.7 Å². The minimum Gasteiger partial charge on any atom is -0.451 e. The number of hydrogen-bond donors (Lipinski definition) is 1. The van der Waals surface area contributed by atoms with Crippen molar-refractivity contribution in [3.8, 4) is 0 Å². The fraction of sp³-hybridized carbons (Fsp3) is 0.438. The summed E-state index contributed by atoms with van der Waals surface area (Å²) in [6.45, 7) is 5.10. The number of para-hydroxylation sites is 1. The van der Waals surface area contributed by atoms with Crippen LogP contribution in [0.2, 0.25) is 0 Å². The molecule has 0 aliphatic carbocycles. The molecule has 1 aliphatic rings. The van der Waals surface area contributed by atoms with Crippen molar-refractivity contribution < 1.29 is 9.21 Å². The first-order valence-electron chi connectivity index (χ1n) is 7.25. The van der Waals surface area contributed by atoms with E-state index >= 15 is 0 Å². The van der Waals surface area contributed by atoms with Crippen LogP contribution in [0, 0.1) is 0 Å². The Hall–Kier alpha value is -1.81. The van der Waals surface area contributed by atoms with Crippen LogP contribution in [0.4, 0.5) is 0 Å². The van der Waals surface area contributed by atoms with E-state index < -0.39 is 0 Å². The molecule has 2 aromatic rings. The summed E-state index contributed by atoms with van der Waals surface area (Å²) >= 11 is 0. The number of carbonyl (C=O) groups is 1. The second kappa shape index (κ2) is 5.67. The summed E-state index contributed by atoms with van der Waals surface area (Å²) in [5.74, 6) is 0.257. The largest absolute Gasteiger partial charge is 0.451 e. The molecule has 0 bridgehead atoms. The molecule has 106 valence electrons. The molecule has 4 nitrogen and oxygen atoms in total. The summed E-state index contributed by atoms with van der Waals surface area (Å²) in [4.78, 5) is 14.5. The zero-order chi connectivity index (χ0) is 13.9. The zero-order valence-corrected chi connectivity index (χ0v) is 11.8. The molecule has 0 unspecified atom stereocenters. The SMILES string of the molecule is C[C@@H](CNC(=O)c1cc2ccccc2o1)N1CCCC1. The Morgan fingerprint density at radius 1 is 1.35 bits per heavy atom. The first-order chi connectivity index (χ1) is 9.74. The van der Waals surface area contributed by atoms with Crippen LogP contribution >= 0.6 is 0 Å². The number of furan rings is 1. The second-order valence-electron chi connectivity index (χ2n) is 5.45. The number of likely N-dealkylation sites (tertiary alicyclic amines) is 1. The summed E-state index contributed by atoms with van der Waals surface area (Å²) in [7, 11) is 0. The highest BCUT2D eigenvalue weighted by atomic mass is 16.3. The number of hydrogen-bond acceptors (Lipinski definition) is 3. The molecule has 1 saturated heterocycles. The van der Waals surface area contributed by atoms with Crippen molar-refractivity contribution in [2.24, 2.45) is 0 Å². The molecular weight excluding hydrogens is 252 g/mol. The Morgan fingerprint density at radius 3 is 2.85 bits per heavy atom. The van der Waals surface area contributed by atoms with Gasteiger partial charge in [-0.3, -0.25) is 9.69 Å². The molecule has 1 amide bonds. The minimum atomic E-state index is -0.132. The van der Waals surface area contributed by atoms with Crippen molar-refractivity contribution in [1.82, 2.24) is 10.2 Å². The van der Waals surface area contributed by atoms with Crippen molar-refractivity contribution in [2.75, 3.05) is 19.6 Å². The molecule has 1 aliphatic heterocycles. The highest BCUT2D eigenvalue weighted by Gasteiger charge is 2.19. The van der Waals surface area contributed by atoms with Gasteiger partial charge in [-0.05, 0) is 45.0 Å². The molecular formula is C16H20N2O2. The summed E-state index contributed by atoms with van der Waals surface area (Å²) < 4.78 is 5.56. The van der Waals surface area contributed by atoms with E-state index in [9.17, 15) is 4.79 Å². The third kappa shape index (κ3) is 2.70. The lowest BCUT2D eigenvalue weighted by molar-refractivity contribution is 0.0915. The molecule has 0 radical (unpaired) electrons. The lowest BCUT2D eigenvalue weighted by atomic mass is 10.2. The maximum Gasteiger partial charge on any atom is 0.287 e. The molecule has 4 heteroatoms. The molecule has 2 heterocycles. The van der Waals surface area contributed by atoms with E-state index in [0.717, 1.165) is 24.1 Å². The van der Waals surface area contributed by atoms with Crippen LogP contribution in [-0.2, 0) is 0 Å². The van der Waals surface area contributed by atoms with Crippen molar-refractivity contribution in [2.45, 2.75) is 25.8 Å². The smallest absolute Gasteiger partial charge is 0.287 e. The van der Waals surface area contributed by atoms with Gasteiger partial charge in [0.25, 0.3) is 5.91 Å². The van der Waals surface area contributed by atoms with Crippen molar-refractivity contribution >= 4 is 16.9 Å². The van der Waals surface area contributed by atoms with E-state index in [1.54, 1.807) is 6.07 Å². The summed E-state index contributed by atoms with van der Waals surface area (Å²) in [5.41, 5.74) is 0.755. The molecule has 3 rings (SSSR count). The Bertz CT molecular complexity index is 566. The van der Waals surface area contributed by atoms with Crippen molar-refractivity contribution in [3.63, 3.8) is 0 Å². The minimum absolute atomic E-state index is 0.132. The van der Waals surface area contributed by atoms with Crippen LogP contribution < -0.4 is 5.32 Å². The van der Waals surface area contributed by atoms with Gasteiger partial charge in [0.15, 0.2) is 5.76 Å². The number of nitrogens with zero attached hydrogens (tertiary/aromatic N) is 1. The topological polar surface area (TPSA) is 45.5 Å². The van der Waals surface area contributed by atoms with Crippen LogP contribution in [-0.4, -0.2) is 36.5 Å². The molecule has 0 spiro atoms. The van der Waals surface area contributed by atoms with E-state index in [4.69, 9.17) is 4.42 Å². The van der Waals surface area contributed by atoms with Crippen LogP contribution in [0.3, 0.4) is 0 Å². The Morgan fingerprint density at radius 2 is 2.10 bits per heavy atom. The zero-order valence-electron chi connectivity index (χ0n) is 11.8. The highest BCUT2D eigenvalue weighted by Crippen LogP contribution is 2.18. The third-order valence-electron chi connectivity index (χ3n) is 3.97. The number of fused-ring (bicyclic) bond motifs is 1. The quantitative estimate of drug-likeness (QED) is 0.930. The van der Waals surface area contributed by atoms with Crippen molar-refractivity contribution in [1.29, 1.82) is 0 Å². The van der Waals surface area contributed by atoms with Gasteiger partial charge >= 0.3 is 0 Å². The third-order valence-corrected chi connectivity index (χ3v) is 3.97. The van der Waals surface area contributed by atoms with E-state index in [0.29, 0.717) is 18.3 Å². The van der Waals surface area contributed by atoms with Gasteiger partial charge in [-0.25, -0.2) is 0 Å². The van der Waals surface area contributed by atoms with Crippen LogP contribution in [0.5, 0.6) is 0 Å². The van der Waals surface area contributed by atoms with Gasteiger partial charge in [0.05, 0.1) is 0 Å². The lowest BCUT2D eigenvalue weighted by Gasteiger charge is -2.23. The standard InChI is InChI=1S/C16H20N2O2/c1-12(18-8-4-5-9-18)11-17-16(19)15-10-13-6-2-3-7-14(13)20-15/h2-3,6-7,10,12H,4-5,8-9,11H2,1H3,(H,17,19)/t12-/m0/s1. The average Bonchev–Trinajstić information content (AvgIpc) is 3.12. The summed E-state index contributed by atoms with van der Waals surface area (Å²) in [6.07, 6.45) is 2.53. The Kier molecular flexibility index (Phi) is 3.74. The van der Waals surface area contributed by atoms with E-state index in [-0.39, 0.29) is 5.91 Å². The fourth-order valence-corrected chi connectivity index (χ4v) is 2.73. The van der Waals surface area contributed by atoms with E-state index in [2.05, 4.69) is 17.1 Å². The molecule has 1 aromatic heterocycles. The lowest BCUT2D eigenvalue weighted by Crippen LogP contribution is -2.40. The fourth-order valence-electron chi connectivity index (χ4n) is 2.73. The predicted molar refractivity (Wildman–Crippen MR) is 78.8 cm³/mol. The molecule has 1 atom stereocenters. The van der Waals surface area contributed by atoms with E-state index in [1.165, 1.54) is 12.8 Å². The van der Waals surface area contributed by atoms with Gasteiger partial charge in [-0.1, -0.05) is 18.2 Å². The number of nitrogens with one attached hydrogen (secondary N) is 1. The molecule has 1 fully saturated rings. The molecule has 1 aromatic carbocycles. The first-order valence-corrected chi connectivity index (χ1v) is 7.25.